The molecular weight excluding hydrogens is 245 g/mol. The fourth-order valence-corrected chi connectivity index (χ4v) is 1.83. The second-order valence-electron chi connectivity index (χ2n) is 4.54. The van der Waals surface area contributed by atoms with Gasteiger partial charge >= 0.3 is 0 Å². The Morgan fingerprint density at radius 2 is 1.95 bits per heavy atom. The standard InChI is InChI=1S/C15H16FNO2/c1-10(2)19-14-6-4-3-5-13(14)15(18)11-7-12(16)9-17-8-11/h3-10,15,18H,1-2H3. The number of aromatic nitrogens is 1. The van der Waals surface area contributed by atoms with Crippen molar-refractivity contribution in [1.29, 1.82) is 0 Å². The number of pyridine rings is 1. The lowest BCUT2D eigenvalue weighted by Gasteiger charge is -2.18. The van der Waals surface area contributed by atoms with Crippen molar-refractivity contribution in [3.63, 3.8) is 0 Å². The molecule has 0 bridgehead atoms. The topological polar surface area (TPSA) is 42.4 Å². The summed E-state index contributed by atoms with van der Waals surface area (Å²) in [5.74, 6) is 0.119. The van der Waals surface area contributed by atoms with Crippen molar-refractivity contribution in [2.45, 2.75) is 26.1 Å². The van der Waals surface area contributed by atoms with Gasteiger partial charge in [0, 0.05) is 17.3 Å². The van der Waals surface area contributed by atoms with Crippen LogP contribution < -0.4 is 4.74 Å². The predicted octanol–water partition coefficient (Wildman–Crippen LogP) is 3.09. The highest BCUT2D eigenvalue weighted by atomic mass is 19.1. The Labute approximate surface area is 111 Å². The maximum atomic E-state index is 13.1. The molecule has 0 aliphatic heterocycles. The summed E-state index contributed by atoms with van der Waals surface area (Å²) >= 11 is 0. The van der Waals surface area contributed by atoms with E-state index in [0.717, 1.165) is 6.20 Å². The van der Waals surface area contributed by atoms with Crippen molar-refractivity contribution in [1.82, 2.24) is 4.98 Å². The number of aliphatic hydroxyl groups excluding tert-OH is 1. The summed E-state index contributed by atoms with van der Waals surface area (Å²) in [6.45, 7) is 3.82. The normalized spacial score (nSPS) is 12.5. The number of halogens is 1. The van der Waals surface area contributed by atoms with Crippen molar-refractivity contribution in [2.24, 2.45) is 0 Å². The minimum Gasteiger partial charge on any atom is -0.491 e. The Hall–Kier alpha value is -1.94. The number of aliphatic hydroxyl groups is 1. The van der Waals surface area contributed by atoms with E-state index >= 15 is 0 Å². The van der Waals surface area contributed by atoms with Gasteiger partial charge in [0.15, 0.2) is 0 Å². The van der Waals surface area contributed by atoms with Crippen molar-refractivity contribution < 1.29 is 14.2 Å². The molecule has 3 nitrogen and oxygen atoms in total. The van der Waals surface area contributed by atoms with E-state index in [1.54, 1.807) is 18.2 Å². The molecule has 4 heteroatoms. The van der Waals surface area contributed by atoms with Crippen LogP contribution in [0.4, 0.5) is 4.39 Å². The lowest BCUT2D eigenvalue weighted by molar-refractivity contribution is 0.197. The zero-order valence-electron chi connectivity index (χ0n) is 10.9. The van der Waals surface area contributed by atoms with E-state index in [0.29, 0.717) is 16.9 Å². The minimum absolute atomic E-state index is 0.000940. The lowest BCUT2D eigenvalue weighted by Crippen LogP contribution is -2.10. The third-order valence-corrected chi connectivity index (χ3v) is 2.62. The Morgan fingerprint density at radius 1 is 1.21 bits per heavy atom. The van der Waals surface area contributed by atoms with Crippen LogP contribution in [0.25, 0.3) is 0 Å². The molecule has 0 spiro atoms. The smallest absolute Gasteiger partial charge is 0.141 e. The number of rotatable bonds is 4. The molecule has 1 atom stereocenters. The molecule has 2 rings (SSSR count). The molecule has 0 saturated heterocycles. The van der Waals surface area contributed by atoms with E-state index in [4.69, 9.17) is 4.74 Å². The van der Waals surface area contributed by atoms with Gasteiger partial charge in [-0.3, -0.25) is 4.98 Å². The minimum atomic E-state index is -0.960. The van der Waals surface area contributed by atoms with Crippen molar-refractivity contribution >= 4 is 0 Å². The van der Waals surface area contributed by atoms with E-state index in [1.165, 1.54) is 12.3 Å². The van der Waals surface area contributed by atoms with Crippen LogP contribution in [0.3, 0.4) is 0 Å². The van der Waals surface area contributed by atoms with Gasteiger partial charge in [-0.15, -0.1) is 0 Å². The molecule has 1 N–H and O–H groups in total. The monoisotopic (exact) mass is 261 g/mol. The van der Waals surface area contributed by atoms with Crippen LogP contribution in [0.15, 0.2) is 42.7 Å². The van der Waals surface area contributed by atoms with E-state index in [2.05, 4.69) is 4.98 Å². The molecule has 0 radical (unpaired) electrons. The highest BCUT2D eigenvalue weighted by Crippen LogP contribution is 2.30. The van der Waals surface area contributed by atoms with Crippen LogP contribution >= 0.6 is 0 Å². The van der Waals surface area contributed by atoms with Crippen molar-refractivity contribution in [3.05, 3.63) is 59.7 Å². The summed E-state index contributed by atoms with van der Waals surface area (Å²) in [5, 5.41) is 10.3. The maximum Gasteiger partial charge on any atom is 0.141 e. The number of ether oxygens (including phenoxy) is 1. The first-order valence-corrected chi connectivity index (χ1v) is 6.12. The summed E-state index contributed by atoms with van der Waals surface area (Å²) in [5.41, 5.74) is 1.00. The number of benzene rings is 1. The molecule has 0 aliphatic carbocycles. The fraction of sp³-hybridized carbons (Fsp3) is 0.267. The molecule has 1 unspecified atom stereocenters. The first-order chi connectivity index (χ1) is 9.08. The molecule has 1 heterocycles. The van der Waals surface area contributed by atoms with Gasteiger partial charge in [0.2, 0.25) is 0 Å². The molecular formula is C15H16FNO2. The number of para-hydroxylation sites is 1. The SMILES string of the molecule is CC(C)Oc1ccccc1C(O)c1cncc(F)c1. The summed E-state index contributed by atoms with van der Waals surface area (Å²) in [6.07, 6.45) is 1.59. The lowest BCUT2D eigenvalue weighted by atomic mass is 10.0. The van der Waals surface area contributed by atoms with Gasteiger partial charge in [0.1, 0.15) is 17.7 Å². The molecule has 1 aromatic heterocycles. The van der Waals surface area contributed by atoms with Gasteiger partial charge in [-0.2, -0.15) is 0 Å². The Balaban J connectivity index is 2.35. The van der Waals surface area contributed by atoms with E-state index in [9.17, 15) is 9.50 Å². The number of nitrogens with zero attached hydrogens (tertiary/aromatic N) is 1. The summed E-state index contributed by atoms with van der Waals surface area (Å²) < 4.78 is 18.8. The van der Waals surface area contributed by atoms with Gasteiger partial charge in [-0.05, 0) is 26.0 Å². The Morgan fingerprint density at radius 3 is 2.63 bits per heavy atom. The quantitative estimate of drug-likeness (QED) is 0.919. The molecule has 2 aromatic rings. The highest BCUT2D eigenvalue weighted by molar-refractivity contribution is 5.39. The molecule has 0 fully saturated rings. The van der Waals surface area contributed by atoms with Gasteiger partial charge in [-0.1, -0.05) is 18.2 Å². The van der Waals surface area contributed by atoms with Crippen LogP contribution in [-0.4, -0.2) is 16.2 Å². The van der Waals surface area contributed by atoms with Crippen LogP contribution in [0.1, 0.15) is 31.1 Å². The zero-order valence-corrected chi connectivity index (χ0v) is 10.9. The first kappa shape index (κ1) is 13.5. The fourth-order valence-electron chi connectivity index (χ4n) is 1.83. The Bertz CT molecular complexity index is 557. The van der Waals surface area contributed by atoms with Gasteiger partial charge in [0.25, 0.3) is 0 Å². The molecule has 1 aromatic carbocycles. The first-order valence-electron chi connectivity index (χ1n) is 6.12. The van der Waals surface area contributed by atoms with Crippen LogP contribution in [0.5, 0.6) is 5.75 Å². The van der Waals surface area contributed by atoms with Gasteiger partial charge < -0.3 is 9.84 Å². The summed E-state index contributed by atoms with van der Waals surface area (Å²) in [6, 6.07) is 8.44. The van der Waals surface area contributed by atoms with Crippen molar-refractivity contribution in [2.75, 3.05) is 0 Å². The molecule has 100 valence electrons. The van der Waals surface area contributed by atoms with Crippen LogP contribution in [0, 0.1) is 5.82 Å². The van der Waals surface area contributed by atoms with E-state index < -0.39 is 11.9 Å². The Kier molecular flexibility index (Phi) is 4.12. The number of hydrogen-bond acceptors (Lipinski definition) is 3. The second kappa shape index (κ2) is 5.80. The van der Waals surface area contributed by atoms with Crippen LogP contribution in [0.2, 0.25) is 0 Å². The summed E-state index contributed by atoms with van der Waals surface area (Å²) in [7, 11) is 0. The van der Waals surface area contributed by atoms with Crippen molar-refractivity contribution in [3.8, 4) is 5.75 Å². The third-order valence-electron chi connectivity index (χ3n) is 2.62. The van der Waals surface area contributed by atoms with Crippen LogP contribution in [-0.2, 0) is 0 Å². The second-order valence-corrected chi connectivity index (χ2v) is 4.54. The zero-order chi connectivity index (χ0) is 13.8. The third kappa shape index (κ3) is 3.29. The molecule has 19 heavy (non-hydrogen) atoms. The highest BCUT2D eigenvalue weighted by Gasteiger charge is 2.16. The molecule has 0 saturated carbocycles. The van der Waals surface area contributed by atoms with Gasteiger partial charge in [0.05, 0.1) is 12.3 Å². The average Bonchev–Trinajstić information content (AvgIpc) is 2.38. The predicted molar refractivity (Wildman–Crippen MR) is 70.5 cm³/mol. The molecule has 0 aliphatic rings. The maximum absolute atomic E-state index is 13.1. The van der Waals surface area contributed by atoms with Gasteiger partial charge in [-0.25, -0.2) is 4.39 Å². The van der Waals surface area contributed by atoms with E-state index in [1.807, 2.05) is 19.9 Å². The largest absolute Gasteiger partial charge is 0.491 e. The molecule has 0 amide bonds. The average molecular weight is 261 g/mol. The summed E-state index contributed by atoms with van der Waals surface area (Å²) in [4.78, 5) is 3.75. The van der Waals surface area contributed by atoms with E-state index in [-0.39, 0.29) is 6.10 Å². The number of hydrogen-bond donors (Lipinski definition) is 1.